The maximum atomic E-state index is 12.9. The lowest BCUT2D eigenvalue weighted by Gasteiger charge is -2.18. The van der Waals surface area contributed by atoms with E-state index in [1.54, 1.807) is 0 Å². The number of carbonyl (C=O) groups is 3. The van der Waals surface area contributed by atoms with Crippen LogP contribution in [0.25, 0.3) is 0 Å². The van der Waals surface area contributed by atoms with Gasteiger partial charge in [0.15, 0.2) is 6.10 Å². The van der Waals surface area contributed by atoms with Gasteiger partial charge in [0.05, 0.1) is 0 Å². The minimum Gasteiger partial charge on any atom is -0.462 e. The second-order valence-corrected chi connectivity index (χ2v) is 18.4. The van der Waals surface area contributed by atoms with Crippen LogP contribution in [0.4, 0.5) is 0 Å². The number of ether oxygens (including phenoxy) is 3. The first-order valence-electron chi connectivity index (χ1n) is 29.6. The molecule has 0 aromatic rings. The molecule has 1 atom stereocenters. The van der Waals surface area contributed by atoms with E-state index in [0.717, 1.165) is 141 Å². The summed E-state index contributed by atoms with van der Waals surface area (Å²) in [6.45, 7) is 6.13. The van der Waals surface area contributed by atoms with Gasteiger partial charge in [0.1, 0.15) is 13.2 Å². The van der Waals surface area contributed by atoms with E-state index in [9.17, 15) is 14.4 Å². The highest BCUT2D eigenvalue weighted by Gasteiger charge is 2.19. The Bertz CT molecular complexity index is 1930. The average molecular weight is 1050 g/mol. The Morgan fingerprint density at radius 1 is 0.260 bits per heavy atom. The molecule has 0 saturated carbocycles. The molecule has 0 aliphatic heterocycles. The van der Waals surface area contributed by atoms with Crippen LogP contribution >= 0.6 is 0 Å². The molecule has 0 aliphatic carbocycles. The number of carbonyl (C=O) groups excluding carboxylic acids is 3. The number of unbranched alkanes of at least 4 members (excludes halogenated alkanes) is 5. The average Bonchev–Trinajstić information content (AvgIpc) is 3.43. The van der Waals surface area contributed by atoms with Crippen molar-refractivity contribution in [3.63, 3.8) is 0 Å². The van der Waals surface area contributed by atoms with E-state index in [0.29, 0.717) is 19.3 Å². The maximum absolute atomic E-state index is 12.9. The van der Waals surface area contributed by atoms with Gasteiger partial charge < -0.3 is 14.2 Å². The third kappa shape index (κ3) is 60.7. The minimum absolute atomic E-state index is 0.149. The second kappa shape index (κ2) is 62.5. The summed E-state index contributed by atoms with van der Waals surface area (Å²) in [6, 6.07) is 0. The summed E-state index contributed by atoms with van der Waals surface area (Å²) in [5.41, 5.74) is 0. The predicted molar refractivity (Wildman–Crippen MR) is 333 cm³/mol. The normalized spacial score (nSPS) is 13.6. The van der Waals surface area contributed by atoms with Crippen LogP contribution in [0.1, 0.15) is 201 Å². The fraction of sp³-hybridized carbons (Fsp3) is 0.479. The van der Waals surface area contributed by atoms with Gasteiger partial charge in [0, 0.05) is 19.3 Å². The molecule has 0 heterocycles. The van der Waals surface area contributed by atoms with Gasteiger partial charge in [-0.3, -0.25) is 14.4 Å². The molecule has 0 amide bonds. The van der Waals surface area contributed by atoms with Crippen LogP contribution in [0.2, 0.25) is 0 Å². The van der Waals surface area contributed by atoms with E-state index < -0.39 is 6.10 Å². The van der Waals surface area contributed by atoms with Gasteiger partial charge >= 0.3 is 17.9 Å². The lowest BCUT2D eigenvalue weighted by atomic mass is 10.1. The Hall–Kier alpha value is -6.01. The maximum Gasteiger partial charge on any atom is 0.306 e. The third-order valence-electron chi connectivity index (χ3n) is 11.3. The number of hydrogen-bond donors (Lipinski definition) is 0. The molecular formula is C71H104O6. The zero-order chi connectivity index (χ0) is 55.7. The molecular weight excluding hydrogens is 949 g/mol. The first-order valence-corrected chi connectivity index (χ1v) is 29.6. The third-order valence-corrected chi connectivity index (χ3v) is 11.3. The lowest BCUT2D eigenvalue weighted by molar-refractivity contribution is -0.166. The van der Waals surface area contributed by atoms with Gasteiger partial charge in [-0.2, -0.15) is 0 Å². The van der Waals surface area contributed by atoms with Crippen LogP contribution in [-0.4, -0.2) is 37.2 Å². The summed E-state index contributed by atoms with van der Waals surface area (Å²) in [6.07, 6.45) is 97.0. The van der Waals surface area contributed by atoms with Gasteiger partial charge in [-0.05, 0) is 154 Å². The molecule has 1 unspecified atom stereocenters. The van der Waals surface area contributed by atoms with Crippen molar-refractivity contribution in [2.45, 2.75) is 207 Å². The fourth-order valence-electron chi connectivity index (χ4n) is 6.97. The van der Waals surface area contributed by atoms with Crippen LogP contribution in [0.5, 0.6) is 0 Å². The Morgan fingerprint density at radius 2 is 0.494 bits per heavy atom. The fourth-order valence-corrected chi connectivity index (χ4v) is 6.97. The second-order valence-electron chi connectivity index (χ2n) is 18.4. The molecule has 77 heavy (non-hydrogen) atoms. The molecule has 424 valence electrons. The Labute approximate surface area is 470 Å². The van der Waals surface area contributed by atoms with Crippen molar-refractivity contribution in [3.8, 4) is 0 Å². The van der Waals surface area contributed by atoms with Crippen molar-refractivity contribution in [2.75, 3.05) is 13.2 Å². The number of esters is 3. The highest BCUT2D eigenvalue weighted by Crippen LogP contribution is 2.10. The molecule has 0 saturated heterocycles. The Morgan fingerprint density at radius 3 is 0.805 bits per heavy atom. The van der Waals surface area contributed by atoms with Crippen molar-refractivity contribution in [2.24, 2.45) is 0 Å². The molecule has 0 aromatic carbocycles. The summed E-state index contributed by atoms with van der Waals surface area (Å²) >= 11 is 0. The molecule has 0 bridgehead atoms. The van der Waals surface area contributed by atoms with Crippen molar-refractivity contribution >= 4 is 17.9 Å². The molecule has 6 nitrogen and oxygen atoms in total. The van der Waals surface area contributed by atoms with Crippen LogP contribution in [-0.2, 0) is 28.6 Å². The van der Waals surface area contributed by atoms with Crippen LogP contribution in [0.15, 0.2) is 207 Å². The molecule has 6 heteroatoms. The molecule has 0 rings (SSSR count). The van der Waals surface area contributed by atoms with Crippen molar-refractivity contribution in [3.05, 3.63) is 207 Å². The highest BCUT2D eigenvalue weighted by molar-refractivity contribution is 5.71. The molecule has 0 radical (unpaired) electrons. The summed E-state index contributed by atoms with van der Waals surface area (Å²) in [7, 11) is 0. The first-order chi connectivity index (χ1) is 38.0. The molecule has 0 spiro atoms. The zero-order valence-electron chi connectivity index (χ0n) is 48.4. The van der Waals surface area contributed by atoms with Crippen LogP contribution < -0.4 is 0 Å². The number of hydrogen-bond acceptors (Lipinski definition) is 6. The number of rotatable bonds is 50. The van der Waals surface area contributed by atoms with E-state index >= 15 is 0 Å². The standard InChI is InChI=1S/C71H104O6/c1-4-7-10-13-16-19-22-25-27-29-31-32-33-34-35-36-37-38-40-41-43-46-49-52-55-58-61-64-70(73)76-67-68(66-75-69(72)63-60-57-54-51-48-45-24-21-18-15-12-9-6-3)77-71(74)65-62-59-56-53-50-47-44-42-39-30-28-26-23-20-17-14-11-8-5-2/h7-12,16-21,25-28,31-32,34-35,37-39,41-43,45,47-50,52,54,57,68H,4-6,13-15,22-24,29-30,33,36,40,44,46,51,53,55-56,58-67H2,1-3H3/b10-7-,11-8-,12-9-,19-16-,20-17-,21-18-,27-25-,28-26-,32-31-,35-34-,38-37-,42-39-,43-41-,48-45-,50-47-,52-49-,57-54-. The largest absolute Gasteiger partial charge is 0.462 e. The van der Waals surface area contributed by atoms with E-state index in [1.165, 1.54) is 0 Å². The van der Waals surface area contributed by atoms with Gasteiger partial charge in [0.2, 0.25) is 0 Å². The van der Waals surface area contributed by atoms with Crippen molar-refractivity contribution in [1.29, 1.82) is 0 Å². The van der Waals surface area contributed by atoms with E-state index in [-0.39, 0.29) is 50.4 Å². The quantitative estimate of drug-likeness (QED) is 0.0261. The van der Waals surface area contributed by atoms with Gasteiger partial charge in [-0.25, -0.2) is 0 Å². The summed E-state index contributed by atoms with van der Waals surface area (Å²) in [5.74, 6) is -1.12. The van der Waals surface area contributed by atoms with Crippen molar-refractivity contribution < 1.29 is 28.6 Å². The van der Waals surface area contributed by atoms with E-state index in [2.05, 4.69) is 215 Å². The predicted octanol–water partition coefficient (Wildman–Crippen LogP) is 20.4. The first kappa shape index (κ1) is 71.0. The summed E-state index contributed by atoms with van der Waals surface area (Å²) in [4.78, 5) is 38.1. The van der Waals surface area contributed by atoms with E-state index in [4.69, 9.17) is 14.2 Å². The number of allylic oxidation sites excluding steroid dienone is 34. The molecule has 0 aromatic heterocycles. The van der Waals surface area contributed by atoms with Crippen molar-refractivity contribution in [1.82, 2.24) is 0 Å². The van der Waals surface area contributed by atoms with Gasteiger partial charge in [0.25, 0.3) is 0 Å². The van der Waals surface area contributed by atoms with Crippen LogP contribution in [0.3, 0.4) is 0 Å². The molecule has 0 aliphatic rings. The van der Waals surface area contributed by atoms with E-state index in [1.807, 2.05) is 12.2 Å². The molecule has 0 N–H and O–H groups in total. The van der Waals surface area contributed by atoms with Gasteiger partial charge in [-0.1, -0.05) is 234 Å². The summed E-state index contributed by atoms with van der Waals surface area (Å²) in [5, 5.41) is 0. The zero-order valence-corrected chi connectivity index (χ0v) is 48.4. The summed E-state index contributed by atoms with van der Waals surface area (Å²) < 4.78 is 16.7. The lowest BCUT2D eigenvalue weighted by Crippen LogP contribution is -2.30. The highest BCUT2D eigenvalue weighted by atomic mass is 16.6. The monoisotopic (exact) mass is 1050 g/mol. The Balaban J connectivity index is 4.59. The SMILES string of the molecule is CC/C=C\C/C=C\C/C=C\C/C=C\C/C=C\C/C=C\C/C=C\C/C=C\CCCCC(=O)OCC(COC(=O)CC/C=C\C/C=C\C/C=C\C/C=C\CC)OC(=O)CCCCC/C=C\C/C=C\C/C=C\C/C=C\C/C=C\CC. The molecule has 0 fully saturated rings. The topological polar surface area (TPSA) is 78.9 Å². The van der Waals surface area contributed by atoms with Gasteiger partial charge in [-0.15, -0.1) is 0 Å². The van der Waals surface area contributed by atoms with Crippen LogP contribution in [0, 0.1) is 0 Å². The smallest absolute Gasteiger partial charge is 0.306 e. The minimum atomic E-state index is -0.857. The Kier molecular flexibility index (Phi) is 57.6.